The van der Waals surface area contributed by atoms with E-state index in [1.165, 1.54) is 0 Å². The number of benzene rings is 1. The van der Waals surface area contributed by atoms with Gasteiger partial charge in [-0.3, -0.25) is 0 Å². The third-order valence-electron chi connectivity index (χ3n) is 3.53. The highest BCUT2D eigenvalue weighted by Gasteiger charge is 2.27. The number of morpholine rings is 1. The number of nitrogens with one attached hydrogen (secondary N) is 1. The van der Waals surface area contributed by atoms with Gasteiger partial charge in [-0.25, -0.2) is 4.39 Å². The number of rotatable bonds is 3. The summed E-state index contributed by atoms with van der Waals surface area (Å²) in [5.41, 5.74) is 1.62. The molecule has 100 valence electrons. The molecule has 2 atom stereocenters. The van der Waals surface area contributed by atoms with Gasteiger partial charge in [-0.15, -0.1) is 0 Å². The average molecular weight is 252 g/mol. The maximum Gasteiger partial charge on any atom is 0.126 e. The minimum absolute atomic E-state index is 0.0304. The lowest BCUT2D eigenvalue weighted by atomic mass is 9.99. The van der Waals surface area contributed by atoms with Crippen LogP contribution < -0.4 is 5.32 Å². The van der Waals surface area contributed by atoms with Crippen LogP contribution in [0.15, 0.2) is 18.2 Å². The van der Waals surface area contributed by atoms with E-state index in [0.29, 0.717) is 5.56 Å². The first kappa shape index (κ1) is 13.5. The summed E-state index contributed by atoms with van der Waals surface area (Å²) in [5, 5.41) is 3.24. The maximum atomic E-state index is 13.6. The van der Waals surface area contributed by atoms with E-state index < -0.39 is 0 Å². The quantitative estimate of drug-likeness (QED) is 0.886. The van der Waals surface area contributed by atoms with Crippen molar-refractivity contribution in [3.05, 3.63) is 35.1 Å². The van der Waals surface area contributed by atoms with Crippen LogP contribution in [0.25, 0.3) is 0 Å². The highest BCUT2D eigenvalue weighted by molar-refractivity contribution is 5.26. The van der Waals surface area contributed by atoms with Crippen molar-refractivity contribution in [2.24, 2.45) is 0 Å². The zero-order valence-electron chi connectivity index (χ0n) is 11.2. The van der Waals surface area contributed by atoms with Crippen LogP contribution in [0.5, 0.6) is 0 Å². The van der Waals surface area contributed by atoms with Gasteiger partial charge in [0, 0.05) is 13.1 Å². The highest BCUT2D eigenvalue weighted by Crippen LogP contribution is 2.23. The molecule has 4 heteroatoms. The Hall–Kier alpha value is -0.970. The lowest BCUT2D eigenvalue weighted by Gasteiger charge is -2.35. The fourth-order valence-corrected chi connectivity index (χ4v) is 2.38. The molecule has 0 radical (unpaired) electrons. The van der Waals surface area contributed by atoms with Gasteiger partial charge < -0.3 is 15.0 Å². The molecular formula is C14H21FN2O. The van der Waals surface area contributed by atoms with Gasteiger partial charge in [0.2, 0.25) is 0 Å². The van der Waals surface area contributed by atoms with Crippen LogP contribution in [0.3, 0.4) is 0 Å². The van der Waals surface area contributed by atoms with Gasteiger partial charge in [-0.05, 0) is 38.2 Å². The number of halogens is 1. The summed E-state index contributed by atoms with van der Waals surface area (Å²) < 4.78 is 19.4. The van der Waals surface area contributed by atoms with E-state index in [4.69, 9.17) is 4.74 Å². The average Bonchev–Trinajstić information content (AvgIpc) is 2.35. The van der Waals surface area contributed by atoms with Crippen molar-refractivity contribution in [2.45, 2.75) is 19.1 Å². The van der Waals surface area contributed by atoms with Crippen LogP contribution in [0.1, 0.15) is 17.2 Å². The molecule has 0 spiro atoms. The number of ether oxygens (including phenoxy) is 1. The summed E-state index contributed by atoms with van der Waals surface area (Å²) in [6.45, 7) is 4.32. The van der Waals surface area contributed by atoms with E-state index in [0.717, 1.165) is 25.3 Å². The van der Waals surface area contributed by atoms with Crippen molar-refractivity contribution >= 4 is 0 Å². The van der Waals surface area contributed by atoms with Crippen molar-refractivity contribution in [1.82, 2.24) is 10.2 Å². The van der Waals surface area contributed by atoms with Gasteiger partial charge in [-0.1, -0.05) is 12.1 Å². The summed E-state index contributed by atoms with van der Waals surface area (Å²) in [5.74, 6) is -0.156. The molecule has 18 heavy (non-hydrogen) atoms. The molecule has 0 aliphatic carbocycles. The normalized spacial score (nSPS) is 23.0. The highest BCUT2D eigenvalue weighted by atomic mass is 19.1. The molecule has 0 saturated carbocycles. The second kappa shape index (κ2) is 5.78. The zero-order valence-corrected chi connectivity index (χ0v) is 11.2. The maximum absolute atomic E-state index is 13.6. The molecule has 0 bridgehead atoms. The fourth-order valence-electron chi connectivity index (χ4n) is 2.38. The summed E-state index contributed by atoms with van der Waals surface area (Å²) in [6.07, 6.45) is 0.0656. The van der Waals surface area contributed by atoms with E-state index in [1.807, 2.05) is 19.2 Å². The topological polar surface area (TPSA) is 24.5 Å². The number of hydrogen-bond donors (Lipinski definition) is 1. The minimum atomic E-state index is -0.156. The molecule has 0 amide bonds. The predicted molar refractivity (Wildman–Crippen MR) is 70.2 cm³/mol. The molecule has 1 aliphatic rings. The smallest absolute Gasteiger partial charge is 0.126 e. The Balaban J connectivity index is 2.18. The Morgan fingerprint density at radius 1 is 1.50 bits per heavy atom. The third-order valence-corrected chi connectivity index (χ3v) is 3.53. The number of likely N-dealkylation sites (N-methyl/N-ethyl adjacent to an activating group) is 2. The monoisotopic (exact) mass is 252 g/mol. The number of hydrogen-bond acceptors (Lipinski definition) is 3. The molecule has 2 rings (SSSR count). The molecule has 1 aromatic rings. The van der Waals surface area contributed by atoms with E-state index in [9.17, 15) is 4.39 Å². The Morgan fingerprint density at radius 2 is 2.28 bits per heavy atom. The second-order valence-corrected chi connectivity index (χ2v) is 4.95. The van der Waals surface area contributed by atoms with Gasteiger partial charge in [0.05, 0.1) is 18.8 Å². The molecule has 1 aliphatic heterocycles. The first-order valence-electron chi connectivity index (χ1n) is 6.35. The van der Waals surface area contributed by atoms with E-state index in [2.05, 4.69) is 17.3 Å². The van der Waals surface area contributed by atoms with E-state index >= 15 is 0 Å². The van der Waals surface area contributed by atoms with Crippen LogP contribution in [-0.2, 0) is 4.74 Å². The fraction of sp³-hybridized carbons (Fsp3) is 0.571. The first-order valence-corrected chi connectivity index (χ1v) is 6.35. The Kier molecular flexibility index (Phi) is 4.32. The lowest BCUT2D eigenvalue weighted by Crippen LogP contribution is -2.46. The standard InChI is InChI=1S/C14H21FN2O/c1-10-4-5-11(8-12(10)15)14(16-2)13-9-17(3)6-7-18-13/h4-5,8,13-14,16H,6-7,9H2,1-3H3. The zero-order chi connectivity index (χ0) is 13.1. The van der Waals surface area contributed by atoms with Crippen LogP contribution in [0.4, 0.5) is 4.39 Å². The van der Waals surface area contributed by atoms with Crippen molar-refractivity contribution < 1.29 is 9.13 Å². The van der Waals surface area contributed by atoms with Crippen LogP contribution in [0.2, 0.25) is 0 Å². The molecule has 3 nitrogen and oxygen atoms in total. The Labute approximate surface area is 108 Å². The van der Waals surface area contributed by atoms with Gasteiger partial charge in [-0.2, -0.15) is 0 Å². The Bertz CT molecular complexity index is 411. The SMILES string of the molecule is CNC(c1ccc(C)c(F)c1)C1CN(C)CCO1. The van der Waals surface area contributed by atoms with E-state index in [1.54, 1.807) is 13.0 Å². The molecule has 1 fully saturated rings. The molecule has 1 saturated heterocycles. The molecule has 1 heterocycles. The summed E-state index contributed by atoms with van der Waals surface area (Å²) in [7, 11) is 3.97. The molecule has 1 aromatic carbocycles. The molecular weight excluding hydrogens is 231 g/mol. The van der Waals surface area contributed by atoms with Crippen molar-refractivity contribution in [3.8, 4) is 0 Å². The molecule has 0 aromatic heterocycles. The largest absolute Gasteiger partial charge is 0.374 e. The van der Waals surface area contributed by atoms with Crippen molar-refractivity contribution in [3.63, 3.8) is 0 Å². The van der Waals surface area contributed by atoms with Crippen LogP contribution in [0, 0.1) is 12.7 Å². The van der Waals surface area contributed by atoms with Gasteiger partial charge in [0.25, 0.3) is 0 Å². The van der Waals surface area contributed by atoms with Crippen molar-refractivity contribution in [1.29, 1.82) is 0 Å². The van der Waals surface area contributed by atoms with Gasteiger partial charge in [0.15, 0.2) is 0 Å². The van der Waals surface area contributed by atoms with Crippen molar-refractivity contribution in [2.75, 3.05) is 33.8 Å². The minimum Gasteiger partial charge on any atom is -0.374 e. The lowest BCUT2D eigenvalue weighted by molar-refractivity contribution is -0.0380. The van der Waals surface area contributed by atoms with Crippen LogP contribution >= 0.6 is 0 Å². The predicted octanol–water partition coefficient (Wildman–Crippen LogP) is 1.73. The summed E-state index contributed by atoms with van der Waals surface area (Å²) in [4.78, 5) is 2.24. The van der Waals surface area contributed by atoms with Crippen LogP contribution in [-0.4, -0.2) is 44.8 Å². The molecule has 2 unspecified atom stereocenters. The summed E-state index contributed by atoms with van der Waals surface area (Å²) >= 11 is 0. The molecule has 1 N–H and O–H groups in total. The Morgan fingerprint density at radius 3 is 2.89 bits per heavy atom. The number of aryl methyl sites for hydroxylation is 1. The number of nitrogens with zero attached hydrogens (tertiary/aromatic N) is 1. The van der Waals surface area contributed by atoms with E-state index in [-0.39, 0.29) is 18.0 Å². The first-order chi connectivity index (χ1) is 8.61. The third kappa shape index (κ3) is 2.88. The van der Waals surface area contributed by atoms with Gasteiger partial charge in [0.1, 0.15) is 5.82 Å². The second-order valence-electron chi connectivity index (χ2n) is 4.95. The summed E-state index contributed by atoms with van der Waals surface area (Å²) in [6, 6.07) is 5.43. The van der Waals surface area contributed by atoms with Gasteiger partial charge >= 0.3 is 0 Å².